The Bertz CT molecular complexity index is 160. The van der Waals surface area contributed by atoms with Crippen molar-refractivity contribution in [3.05, 3.63) is 11.6 Å². The quantitative estimate of drug-likeness (QED) is 0.507. The molecule has 10 heavy (non-hydrogen) atoms. The van der Waals surface area contributed by atoms with Crippen molar-refractivity contribution in [1.82, 2.24) is 0 Å². The van der Waals surface area contributed by atoms with Gasteiger partial charge in [0.1, 0.15) is 0 Å². The van der Waals surface area contributed by atoms with Gasteiger partial charge in [-0.2, -0.15) is 0 Å². The van der Waals surface area contributed by atoms with E-state index in [0.29, 0.717) is 0 Å². The monoisotopic (exact) mass is 138 g/mol. The minimum absolute atomic E-state index is 0.121. The molecule has 1 fully saturated rings. The zero-order chi connectivity index (χ0) is 6.97. The van der Waals surface area contributed by atoms with Crippen molar-refractivity contribution in [2.24, 2.45) is 5.92 Å². The smallest absolute Gasteiger partial charge is 0.0723 e. The summed E-state index contributed by atoms with van der Waals surface area (Å²) >= 11 is 0. The number of hydrogen-bond donors (Lipinski definition) is 1. The Morgan fingerprint density at radius 2 is 2.20 bits per heavy atom. The third-order valence-electron chi connectivity index (χ3n) is 2.76. The van der Waals surface area contributed by atoms with E-state index in [9.17, 15) is 5.11 Å². The normalized spacial score (nSPS) is 39.1. The number of fused-ring (bicyclic) bond motifs is 1. The molecule has 0 saturated heterocycles. The van der Waals surface area contributed by atoms with Crippen molar-refractivity contribution in [3.63, 3.8) is 0 Å². The van der Waals surface area contributed by atoms with E-state index in [2.05, 4.69) is 6.08 Å². The van der Waals surface area contributed by atoms with Crippen LogP contribution < -0.4 is 0 Å². The van der Waals surface area contributed by atoms with Crippen LogP contribution in [0.5, 0.6) is 0 Å². The maximum atomic E-state index is 9.28. The molecule has 2 aliphatic carbocycles. The van der Waals surface area contributed by atoms with Gasteiger partial charge in [0.2, 0.25) is 0 Å². The number of rotatable bonds is 0. The van der Waals surface area contributed by atoms with Crippen LogP contribution in [0, 0.1) is 5.92 Å². The number of aliphatic hydroxyl groups is 1. The van der Waals surface area contributed by atoms with Gasteiger partial charge in [0, 0.05) is 0 Å². The largest absolute Gasteiger partial charge is 0.389 e. The van der Waals surface area contributed by atoms with E-state index < -0.39 is 0 Å². The lowest BCUT2D eigenvalue weighted by atomic mass is 9.89. The molecule has 2 rings (SSSR count). The van der Waals surface area contributed by atoms with Gasteiger partial charge in [-0.3, -0.25) is 0 Å². The third kappa shape index (κ3) is 0.988. The summed E-state index contributed by atoms with van der Waals surface area (Å²) in [6, 6.07) is 0. The Hall–Kier alpha value is -0.300. The van der Waals surface area contributed by atoms with Gasteiger partial charge in [0.25, 0.3) is 0 Å². The Balaban J connectivity index is 2.16. The highest BCUT2D eigenvalue weighted by Crippen LogP contribution is 2.37. The number of aliphatic hydroxyl groups excluding tert-OH is 1. The lowest BCUT2D eigenvalue weighted by Crippen LogP contribution is -2.13. The summed E-state index contributed by atoms with van der Waals surface area (Å²) in [6.45, 7) is 0. The van der Waals surface area contributed by atoms with E-state index in [4.69, 9.17) is 0 Å². The molecule has 0 aromatic carbocycles. The Labute approximate surface area is 61.8 Å². The summed E-state index contributed by atoms with van der Waals surface area (Å²) < 4.78 is 0. The van der Waals surface area contributed by atoms with Crippen molar-refractivity contribution < 1.29 is 5.11 Å². The minimum atomic E-state index is -0.121. The topological polar surface area (TPSA) is 20.2 Å². The average Bonchev–Trinajstić information content (AvgIpc) is 2.33. The van der Waals surface area contributed by atoms with Gasteiger partial charge in [-0.05, 0) is 38.0 Å². The third-order valence-corrected chi connectivity index (χ3v) is 2.76. The molecule has 1 nitrogen and oxygen atoms in total. The molecule has 1 heteroatoms. The van der Waals surface area contributed by atoms with Gasteiger partial charge in [-0.15, -0.1) is 0 Å². The first-order chi connectivity index (χ1) is 4.86. The highest BCUT2D eigenvalue weighted by Gasteiger charge is 2.25. The minimum Gasteiger partial charge on any atom is -0.389 e. The molecule has 2 atom stereocenters. The first-order valence-electron chi connectivity index (χ1n) is 4.25. The zero-order valence-electron chi connectivity index (χ0n) is 6.21. The Kier molecular flexibility index (Phi) is 1.53. The molecule has 56 valence electrons. The number of hydrogen-bond acceptors (Lipinski definition) is 1. The molecular weight excluding hydrogens is 124 g/mol. The van der Waals surface area contributed by atoms with Crippen LogP contribution in [0.2, 0.25) is 0 Å². The van der Waals surface area contributed by atoms with E-state index in [1.807, 2.05) is 0 Å². The molecule has 1 N–H and O–H groups in total. The second kappa shape index (κ2) is 2.39. The number of allylic oxidation sites excluding steroid dienone is 1. The zero-order valence-corrected chi connectivity index (χ0v) is 6.21. The Morgan fingerprint density at radius 1 is 1.30 bits per heavy atom. The maximum absolute atomic E-state index is 9.28. The fraction of sp³-hybridized carbons (Fsp3) is 0.778. The second-order valence-electron chi connectivity index (χ2n) is 3.48. The molecule has 0 radical (unpaired) electrons. The summed E-state index contributed by atoms with van der Waals surface area (Å²) in [7, 11) is 0. The van der Waals surface area contributed by atoms with Crippen molar-refractivity contribution >= 4 is 0 Å². The summed E-state index contributed by atoms with van der Waals surface area (Å²) in [5, 5.41) is 9.28. The highest BCUT2D eigenvalue weighted by atomic mass is 16.3. The summed E-state index contributed by atoms with van der Waals surface area (Å²) in [5.74, 6) is 0.850. The maximum Gasteiger partial charge on any atom is 0.0723 e. The fourth-order valence-electron chi connectivity index (χ4n) is 2.19. The van der Waals surface area contributed by atoms with Crippen LogP contribution in [0.1, 0.15) is 32.1 Å². The second-order valence-corrected chi connectivity index (χ2v) is 3.48. The molecule has 0 amide bonds. The van der Waals surface area contributed by atoms with Crippen molar-refractivity contribution in [2.45, 2.75) is 38.2 Å². The van der Waals surface area contributed by atoms with Crippen LogP contribution in [-0.2, 0) is 0 Å². The van der Waals surface area contributed by atoms with Gasteiger partial charge in [0.15, 0.2) is 0 Å². The van der Waals surface area contributed by atoms with Gasteiger partial charge >= 0.3 is 0 Å². The lowest BCUT2D eigenvalue weighted by Gasteiger charge is -2.20. The van der Waals surface area contributed by atoms with E-state index in [0.717, 1.165) is 12.3 Å². The van der Waals surface area contributed by atoms with E-state index in [1.165, 1.54) is 25.7 Å². The molecule has 0 aromatic heterocycles. The van der Waals surface area contributed by atoms with E-state index >= 15 is 0 Å². The predicted octanol–water partition coefficient (Wildman–Crippen LogP) is 1.87. The molecule has 2 unspecified atom stereocenters. The van der Waals surface area contributed by atoms with Crippen molar-refractivity contribution in [2.75, 3.05) is 0 Å². The molecular formula is C9H14O. The van der Waals surface area contributed by atoms with Crippen LogP contribution in [0.4, 0.5) is 0 Å². The summed E-state index contributed by atoms with van der Waals surface area (Å²) in [5.41, 5.74) is 1.54. The average molecular weight is 138 g/mol. The van der Waals surface area contributed by atoms with Crippen LogP contribution >= 0.6 is 0 Å². The van der Waals surface area contributed by atoms with Crippen LogP contribution in [-0.4, -0.2) is 11.2 Å². The fourth-order valence-corrected chi connectivity index (χ4v) is 2.19. The predicted molar refractivity (Wildman–Crippen MR) is 40.7 cm³/mol. The van der Waals surface area contributed by atoms with E-state index in [-0.39, 0.29) is 6.10 Å². The van der Waals surface area contributed by atoms with Gasteiger partial charge < -0.3 is 5.11 Å². The first kappa shape index (κ1) is 6.41. The van der Waals surface area contributed by atoms with Crippen LogP contribution in [0.15, 0.2) is 11.6 Å². The van der Waals surface area contributed by atoms with Crippen molar-refractivity contribution in [1.29, 1.82) is 0 Å². The SMILES string of the molecule is OC1C=C2CCCC2CC1. The lowest BCUT2D eigenvalue weighted by molar-refractivity contribution is 0.193. The summed E-state index contributed by atoms with van der Waals surface area (Å²) in [4.78, 5) is 0. The van der Waals surface area contributed by atoms with Gasteiger partial charge in [-0.1, -0.05) is 11.6 Å². The molecule has 1 saturated carbocycles. The first-order valence-corrected chi connectivity index (χ1v) is 4.25. The molecule has 2 aliphatic rings. The standard InChI is InChI=1S/C9H14O/c10-9-5-4-7-2-1-3-8(7)6-9/h6-7,9-10H,1-5H2. The van der Waals surface area contributed by atoms with E-state index in [1.54, 1.807) is 5.57 Å². The van der Waals surface area contributed by atoms with Gasteiger partial charge in [0.05, 0.1) is 6.10 Å². The Morgan fingerprint density at radius 3 is 3.10 bits per heavy atom. The highest BCUT2D eigenvalue weighted by molar-refractivity contribution is 5.16. The van der Waals surface area contributed by atoms with Gasteiger partial charge in [-0.25, -0.2) is 0 Å². The molecule has 0 heterocycles. The summed E-state index contributed by atoms with van der Waals surface area (Å²) in [6.07, 6.45) is 8.16. The molecule has 0 aliphatic heterocycles. The molecule has 0 bridgehead atoms. The molecule has 0 aromatic rings. The molecule has 0 spiro atoms. The van der Waals surface area contributed by atoms with Crippen molar-refractivity contribution in [3.8, 4) is 0 Å². The van der Waals surface area contributed by atoms with Crippen LogP contribution in [0.25, 0.3) is 0 Å². The van der Waals surface area contributed by atoms with Crippen LogP contribution in [0.3, 0.4) is 0 Å².